The van der Waals surface area contributed by atoms with Crippen molar-refractivity contribution in [1.29, 1.82) is 0 Å². The van der Waals surface area contributed by atoms with Crippen LogP contribution in [0.2, 0.25) is 0 Å². The molecule has 0 radical (unpaired) electrons. The molecule has 0 saturated heterocycles. The van der Waals surface area contributed by atoms with Crippen molar-refractivity contribution in [2.75, 3.05) is 7.05 Å². The number of imidazole rings is 1. The second-order valence-electron chi connectivity index (χ2n) is 4.29. The first kappa shape index (κ1) is 18.3. The standard InChI is InChI=1S/C14H17F2N5.HI/c1-17-14(19-9-11-5-3-2-4-6-11)20-10-12-18-7-8-21(12)13(15)16;/h2-8,13H,9-10H2,1H3,(H2,17,19,20);1H. The predicted molar refractivity (Wildman–Crippen MR) is 92.4 cm³/mol. The van der Waals surface area contributed by atoms with Gasteiger partial charge in [-0.1, -0.05) is 30.3 Å². The van der Waals surface area contributed by atoms with Crippen LogP contribution in [0.4, 0.5) is 8.78 Å². The van der Waals surface area contributed by atoms with E-state index in [1.165, 1.54) is 12.4 Å². The second-order valence-corrected chi connectivity index (χ2v) is 4.29. The van der Waals surface area contributed by atoms with Gasteiger partial charge in [-0.05, 0) is 5.56 Å². The topological polar surface area (TPSA) is 54.2 Å². The van der Waals surface area contributed by atoms with Crippen molar-refractivity contribution in [2.24, 2.45) is 4.99 Å². The van der Waals surface area contributed by atoms with E-state index in [4.69, 9.17) is 0 Å². The van der Waals surface area contributed by atoms with Gasteiger partial charge in [0.05, 0.1) is 6.54 Å². The zero-order chi connectivity index (χ0) is 15.1. The fourth-order valence-corrected chi connectivity index (χ4v) is 1.82. The van der Waals surface area contributed by atoms with E-state index in [1.807, 2.05) is 30.3 Å². The summed E-state index contributed by atoms with van der Waals surface area (Å²) in [6, 6.07) is 9.83. The Morgan fingerprint density at radius 2 is 1.91 bits per heavy atom. The molecule has 0 unspecified atom stereocenters. The highest BCUT2D eigenvalue weighted by molar-refractivity contribution is 14.0. The van der Waals surface area contributed by atoms with Gasteiger partial charge >= 0.3 is 6.55 Å². The summed E-state index contributed by atoms with van der Waals surface area (Å²) in [5.74, 6) is 0.787. The average Bonchev–Trinajstić information content (AvgIpc) is 2.97. The Bertz CT molecular complexity index is 586. The van der Waals surface area contributed by atoms with Crippen LogP contribution in [-0.4, -0.2) is 22.6 Å². The molecule has 1 aromatic heterocycles. The van der Waals surface area contributed by atoms with Crippen molar-refractivity contribution in [2.45, 2.75) is 19.6 Å². The van der Waals surface area contributed by atoms with Crippen molar-refractivity contribution in [3.8, 4) is 0 Å². The summed E-state index contributed by atoms with van der Waals surface area (Å²) < 4.78 is 26.2. The molecule has 0 amide bonds. The van der Waals surface area contributed by atoms with Gasteiger partial charge in [0.2, 0.25) is 0 Å². The molecule has 0 aliphatic heterocycles. The molecule has 0 saturated carbocycles. The highest BCUT2D eigenvalue weighted by Gasteiger charge is 2.11. The van der Waals surface area contributed by atoms with E-state index in [0.29, 0.717) is 12.5 Å². The van der Waals surface area contributed by atoms with Crippen LogP contribution in [0, 0.1) is 0 Å². The molecule has 2 aromatic rings. The van der Waals surface area contributed by atoms with Crippen LogP contribution in [0.5, 0.6) is 0 Å². The first-order valence-electron chi connectivity index (χ1n) is 6.49. The fraction of sp³-hybridized carbons (Fsp3) is 0.286. The lowest BCUT2D eigenvalue weighted by Crippen LogP contribution is -2.37. The molecule has 1 aromatic carbocycles. The maximum atomic E-state index is 12.7. The lowest BCUT2D eigenvalue weighted by molar-refractivity contribution is 0.0668. The maximum absolute atomic E-state index is 12.7. The highest BCUT2D eigenvalue weighted by Crippen LogP contribution is 2.11. The lowest BCUT2D eigenvalue weighted by atomic mass is 10.2. The van der Waals surface area contributed by atoms with E-state index in [1.54, 1.807) is 7.05 Å². The van der Waals surface area contributed by atoms with Crippen molar-refractivity contribution < 1.29 is 8.78 Å². The zero-order valence-electron chi connectivity index (χ0n) is 12.0. The van der Waals surface area contributed by atoms with Gasteiger partial charge in [0.1, 0.15) is 5.82 Å². The Morgan fingerprint density at radius 1 is 1.23 bits per heavy atom. The Morgan fingerprint density at radius 3 is 2.55 bits per heavy atom. The van der Waals surface area contributed by atoms with Crippen LogP contribution in [0.1, 0.15) is 17.9 Å². The third-order valence-corrected chi connectivity index (χ3v) is 2.90. The van der Waals surface area contributed by atoms with Gasteiger partial charge in [0.25, 0.3) is 0 Å². The molecule has 5 nitrogen and oxygen atoms in total. The van der Waals surface area contributed by atoms with E-state index in [2.05, 4.69) is 20.6 Å². The molecule has 1 heterocycles. The van der Waals surface area contributed by atoms with Gasteiger partial charge in [0, 0.05) is 26.0 Å². The number of halogens is 3. The van der Waals surface area contributed by atoms with Crippen molar-refractivity contribution in [3.63, 3.8) is 0 Å². The minimum Gasteiger partial charge on any atom is -0.352 e. The summed E-state index contributed by atoms with van der Waals surface area (Å²) in [6.45, 7) is -1.82. The highest BCUT2D eigenvalue weighted by atomic mass is 127. The molecule has 0 bridgehead atoms. The number of aromatic nitrogens is 2. The van der Waals surface area contributed by atoms with Gasteiger partial charge in [-0.15, -0.1) is 24.0 Å². The molecule has 120 valence electrons. The minimum absolute atomic E-state index is 0. The number of alkyl halides is 2. The molecule has 0 fully saturated rings. The van der Waals surface area contributed by atoms with Crippen molar-refractivity contribution in [1.82, 2.24) is 20.2 Å². The summed E-state index contributed by atoms with van der Waals surface area (Å²) in [4.78, 5) is 7.95. The number of benzene rings is 1. The van der Waals surface area contributed by atoms with E-state index < -0.39 is 6.55 Å². The van der Waals surface area contributed by atoms with Crippen LogP contribution in [0.15, 0.2) is 47.7 Å². The number of hydrogen-bond acceptors (Lipinski definition) is 2. The van der Waals surface area contributed by atoms with E-state index in [9.17, 15) is 8.78 Å². The first-order valence-corrected chi connectivity index (χ1v) is 6.49. The zero-order valence-corrected chi connectivity index (χ0v) is 14.4. The van der Waals surface area contributed by atoms with E-state index in [0.717, 1.165) is 10.1 Å². The quantitative estimate of drug-likeness (QED) is 0.444. The predicted octanol–water partition coefficient (Wildman–Crippen LogP) is 2.76. The molecular weight excluding hydrogens is 403 g/mol. The molecule has 2 rings (SSSR count). The van der Waals surface area contributed by atoms with Crippen LogP contribution in [0.25, 0.3) is 0 Å². The molecule has 0 atom stereocenters. The molecule has 0 spiro atoms. The molecule has 0 aliphatic rings. The monoisotopic (exact) mass is 421 g/mol. The van der Waals surface area contributed by atoms with Gasteiger partial charge < -0.3 is 10.6 Å². The molecule has 0 aliphatic carbocycles. The summed E-state index contributed by atoms with van der Waals surface area (Å²) in [5, 5.41) is 6.07. The molecular formula is C14H18F2IN5. The van der Waals surface area contributed by atoms with Crippen molar-refractivity contribution >= 4 is 29.9 Å². The smallest absolute Gasteiger partial charge is 0.319 e. The Hall–Kier alpha value is -1.71. The van der Waals surface area contributed by atoms with Crippen molar-refractivity contribution in [3.05, 3.63) is 54.1 Å². The average molecular weight is 421 g/mol. The van der Waals surface area contributed by atoms with Gasteiger partial charge in [-0.3, -0.25) is 9.56 Å². The summed E-state index contributed by atoms with van der Waals surface area (Å²) in [6.07, 6.45) is 2.60. The molecule has 22 heavy (non-hydrogen) atoms. The lowest BCUT2D eigenvalue weighted by Gasteiger charge is -2.12. The Kier molecular flexibility index (Phi) is 7.78. The maximum Gasteiger partial charge on any atom is 0.319 e. The third-order valence-electron chi connectivity index (χ3n) is 2.90. The number of nitrogens with zero attached hydrogens (tertiary/aromatic N) is 3. The third kappa shape index (κ3) is 5.24. The Balaban J connectivity index is 0.00000242. The minimum atomic E-state index is -2.59. The summed E-state index contributed by atoms with van der Waals surface area (Å²) in [7, 11) is 1.62. The molecule has 8 heteroatoms. The number of hydrogen-bond donors (Lipinski definition) is 2. The van der Waals surface area contributed by atoms with E-state index in [-0.39, 0.29) is 36.3 Å². The Labute approximate surface area is 144 Å². The van der Waals surface area contributed by atoms with Crippen LogP contribution in [0.3, 0.4) is 0 Å². The summed E-state index contributed by atoms with van der Waals surface area (Å²) >= 11 is 0. The van der Waals surface area contributed by atoms with Gasteiger partial charge in [0.15, 0.2) is 5.96 Å². The normalized spacial score (nSPS) is 11.2. The van der Waals surface area contributed by atoms with Gasteiger partial charge in [-0.2, -0.15) is 8.78 Å². The summed E-state index contributed by atoms with van der Waals surface area (Å²) in [5.41, 5.74) is 1.11. The van der Waals surface area contributed by atoms with Crippen LogP contribution >= 0.6 is 24.0 Å². The van der Waals surface area contributed by atoms with E-state index >= 15 is 0 Å². The fourth-order valence-electron chi connectivity index (χ4n) is 1.82. The number of guanidine groups is 1. The largest absolute Gasteiger partial charge is 0.352 e. The number of nitrogens with one attached hydrogen (secondary N) is 2. The number of aliphatic imine (C=N–C) groups is 1. The molecule has 2 N–H and O–H groups in total. The SMILES string of the molecule is CN=C(NCc1ccccc1)NCc1nccn1C(F)F.I. The number of rotatable bonds is 5. The van der Waals surface area contributed by atoms with Gasteiger partial charge in [-0.25, -0.2) is 4.98 Å². The second kappa shape index (κ2) is 9.34. The first-order chi connectivity index (χ1) is 10.2. The van der Waals surface area contributed by atoms with Crippen LogP contribution in [-0.2, 0) is 13.1 Å². The van der Waals surface area contributed by atoms with Crippen LogP contribution < -0.4 is 10.6 Å².